The van der Waals surface area contributed by atoms with E-state index >= 15 is 0 Å². The Morgan fingerprint density at radius 2 is 1.26 bits per heavy atom. The molecule has 0 spiro atoms. The molecule has 0 saturated heterocycles. The minimum atomic E-state index is 0.365. The van der Waals surface area contributed by atoms with E-state index in [4.69, 9.17) is 0 Å². The first-order chi connectivity index (χ1) is 20.9. The van der Waals surface area contributed by atoms with Crippen LogP contribution in [0.5, 0.6) is 0 Å². The Kier molecular flexibility index (Phi) is 4.49. The van der Waals surface area contributed by atoms with E-state index in [9.17, 15) is 0 Å². The maximum absolute atomic E-state index is 2.57. The Morgan fingerprint density at radius 3 is 2.00 bits per heavy atom. The van der Waals surface area contributed by atoms with Gasteiger partial charge < -0.3 is 0 Å². The van der Waals surface area contributed by atoms with Gasteiger partial charge in [-0.1, -0.05) is 127 Å². The van der Waals surface area contributed by atoms with Crippen LogP contribution in [0.4, 0.5) is 0 Å². The molecule has 0 bridgehead atoms. The summed E-state index contributed by atoms with van der Waals surface area (Å²) < 4.78 is 0. The van der Waals surface area contributed by atoms with Crippen LogP contribution < -0.4 is 0 Å². The molecule has 0 radical (unpaired) electrons. The molecule has 42 heavy (non-hydrogen) atoms. The lowest BCUT2D eigenvalue weighted by molar-refractivity contribution is 0.707. The molecular weight excluding hydrogens is 504 g/mol. The first-order valence-corrected chi connectivity index (χ1v) is 15.3. The minimum absolute atomic E-state index is 0.365. The fraction of sp³-hybridized carbons (Fsp3) is 0.0952. The van der Waals surface area contributed by atoms with Crippen molar-refractivity contribution in [3.05, 3.63) is 156 Å². The smallest absolute Gasteiger partial charge is 0.0200 e. The van der Waals surface area contributed by atoms with Gasteiger partial charge in [-0.2, -0.15) is 0 Å². The summed E-state index contributed by atoms with van der Waals surface area (Å²) in [5.74, 6) is 0.760. The fourth-order valence-electron chi connectivity index (χ4n) is 8.62. The first kappa shape index (κ1) is 22.7. The van der Waals surface area contributed by atoms with E-state index in [0.717, 1.165) is 12.8 Å². The minimum Gasteiger partial charge on any atom is -0.0836 e. The summed E-state index contributed by atoms with van der Waals surface area (Å²) in [6.45, 7) is 0. The number of fused-ring (bicyclic) bond motifs is 7. The van der Waals surface area contributed by atoms with Crippen LogP contribution >= 0.6 is 0 Å². The van der Waals surface area contributed by atoms with E-state index in [1.165, 1.54) is 88.3 Å². The quantitative estimate of drug-likeness (QED) is 0.198. The second-order valence-electron chi connectivity index (χ2n) is 12.2. The molecule has 0 heteroatoms. The van der Waals surface area contributed by atoms with Crippen molar-refractivity contribution in [1.29, 1.82) is 0 Å². The molecule has 0 nitrogen and oxygen atoms in total. The van der Waals surface area contributed by atoms with Crippen LogP contribution in [0.15, 0.2) is 134 Å². The highest BCUT2D eigenvalue weighted by atomic mass is 14.4. The SMILES string of the molecule is C1=CC2C=CC=C3c4c(c(-c5ccccc5)c5cc6c7c(cccc7c5c4-c4ccccc4)C4=C6CCC=C4)C(=C1)C32. The fourth-order valence-corrected chi connectivity index (χ4v) is 8.62. The summed E-state index contributed by atoms with van der Waals surface area (Å²) >= 11 is 0. The highest BCUT2D eigenvalue weighted by molar-refractivity contribution is 6.30. The van der Waals surface area contributed by atoms with Gasteiger partial charge in [0.15, 0.2) is 0 Å². The van der Waals surface area contributed by atoms with Gasteiger partial charge in [0.25, 0.3) is 0 Å². The van der Waals surface area contributed by atoms with Crippen molar-refractivity contribution in [1.82, 2.24) is 0 Å². The topological polar surface area (TPSA) is 0 Å². The number of hydrogen-bond acceptors (Lipinski definition) is 0. The third kappa shape index (κ3) is 2.82. The lowest BCUT2D eigenvalue weighted by atomic mass is 9.77. The number of hydrogen-bond donors (Lipinski definition) is 0. The molecule has 5 aromatic carbocycles. The van der Waals surface area contributed by atoms with Gasteiger partial charge in [-0.05, 0) is 107 Å². The van der Waals surface area contributed by atoms with Gasteiger partial charge in [0.1, 0.15) is 0 Å². The molecule has 0 heterocycles. The maximum Gasteiger partial charge on any atom is 0.0200 e. The summed E-state index contributed by atoms with van der Waals surface area (Å²) in [7, 11) is 0. The lowest BCUT2D eigenvalue weighted by Gasteiger charge is -2.26. The molecule has 5 aromatic rings. The monoisotopic (exact) mass is 532 g/mol. The largest absolute Gasteiger partial charge is 0.0836 e. The summed E-state index contributed by atoms with van der Waals surface area (Å²) in [5.41, 5.74) is 17.0. The van der Waals surface area contributed by atoms with Gasteiger partial charge in [-0.15, -0.1) is 0 Å². The summed E-state index contributed by atoms with van der Waals surface area (Å²) in [6, 6.07) is 31.9. The van der Waals surface area contributed by atoms with Crippen molar-refractivity contribution in [3.8, 4) is 22.3 Å². The predicted molar refractivity (Wildman–Crippen MR) is 179 cm³/mol. The van der Waals surface area contributed by atoms with Gasteiger partial charge in [0.05, 0.1) is 0 Å². The molecule has 0 aliphatic heterocycles. The van der Waals surface area contributed by atoms with Crippen LogP contribution in [0.2, 0.25) is 0 Å². The van der Waals surface area contributed by atoms with Gasteiger partial charge in [0.2, 0.25) is 0 Å². The molecule has 0 saturated carbocycles. The van der Waals surface area contributed by atoms with Crippen LogP contribution in [-0.2, 0) is 0 Å². The molecule has 0 aromatic heterocycles. The Hall–Kier alpha value is -4.94. The van der Waals surface area contributed by atoms with E-state index in [0.29, 0.717) is 11.8 Å². The summed E-state index contributed by atoms with van der Waals surface area (Å²) in [6.07, 6.45) is 21.1. The maximum atomic E-state index is 2.57. The van der Waals surface area contributed by atoms with Crippen LogP contribution in [0, 0.1) is 11.8 Å². The molecule has 196 valence electrons. The second-order valence-corrected chi connectivity index (χ2v) is 12.2. The van der Waals surface area contributed by atoms with Crippen molar-refractivity contribution in [2.75, 3.05) is 0 Å². The molecule has 0 amide bonds. The number of benzene rings is 5. The Bertz CT molecular complexity index is 2210. The Balaban J connectivity index is 1.49. The molecule has 0 N–H and O–H groups in total. The molecule has 10 rings (SSSR count). The van der Waals surface area contributed by atoms with Crippen LogP contribution in [0.3, 0.4) is 0 Å². The molecule has 0 fully saturated rings. The third-order valence-electron chi connectivity index (χ3n) is 10.2. The van der Waals surface area contributed by atoms with E-state index < -0.39 is 0 Å². The Morgan fingerprint density at radius 1 is 0.571 bits per heavy atom. The van der Waals surface area contributed by atoms with Crippen LogP contribution in [-0.4, -0.2) is 0 Å². The predicted octanol–water partition coefficient (Wildman–Crippen LogP) is 11.1. The highest BCUT2D eigenvalue weighted by Gasteiger charge is 2.42. The zero-order valence-electron chi connectivity index (χ0n) is 23.3. The number of rotatable bonds is 2. The molecule has 2 atom stereocenters. The summed E-state index contributed by atoms with van der Waals surface area (Å²) in [4.78, 5) is 0. The number of allylic oxidation sites excluding steroid dienone is 12. The highest BCUT2D eigenvalue weighted by Crippen LogP contribution is 2.61. The Labute approximate surface area is 246 Å². The van der Waals surface area contributed by atoms with Crippen molar-refractivity contribution < 1.29 is 0 Å². The van der Waals surface area contributed by atoms with Crippen molar-refractivity contribution in [2.45, 2.75) is 12.8 Å². The van der Waals surface area contributed by atoms with E-state index in [-0.39, 0.29) is 0 Å². The standard InChI is InChI=1S/C42H28/c1-3-12-26(13-4-1)37-35-24-34-29-19-8-7-18-28(29)30-20-11-23-33(39(30)34)40(35)38(27-14-5-2-6-15-27)42-32-22-10-17-25-16-9-21-31(36(25)32)41(37)42/h1-7,9-18,20-25,36H,8,19H2. The average molecular weight is 533 g/mol. The normalized spacial score (nSPS) is 20.6. The second kappa shape index (κ2) is 8.30. The van der Waals surface area contributed by atoms with Gasteiger partial charge in [0, 0.05) is 11.8 Å². The average Bonchev–Trinajstić information content (AvgIpc) is 3.56. The molecule has 2 unspecified atom stereocenters. The van der Waals surface area contributed by atoms with E-state index in [1.807, 2.05) is 0 Å². The van der Waals surface area contributed by atoms with Gasteiger partial charge in [-0.3, -0.25) is 0 Å². The van der Waals surface area contributed by atoms with Crippen molar-refractivity contribution in [3.63, 3.8) is 0 Å². The van der Waals surface area contributed by atoms with E-state index in [1.54, 1.807) is 0 Å². The van der Waals surface area contributed by atoms with Gasteiger partial charge >= 0.3 is 0 Å². The summed E-state index contributed by atoms with van der Waals surface area (Å²) in [5, 5.41) is 5.58. The zero-order chi connectivity index (χ0) is 27.4. The molecule has 5 aliphatic rings. The lowest BCUT2D eigenvalue weighted by Crippen LogP contribution is -2.14. The van der Waals surface area contributed by atoms with Crippen molar-refractivity contribution in [2.24, 2.45) is 11.8 Å². The van der Waals surface area contributed by atoms with Crippen molar-refractivity contribution >= 4 is 43.8 Å². The van der Waals surface area contributed by atoms with E-state index in [2.05, 4.69) is 134 Å². The van der Waals surface area contributed by atoms with Gasteiger partial charge in [-0.25, -0.2) is 0 Å². The third-order valence-corrected chi connectivity index (χ3v) is 10.2. The molecular formula is C42H28. The van der Waals surface area contributed by atoms with Crippen LogP contribution in [0.1, 0.15) is 35.1 Å². The molecule has 5 aliphatic carbocycles. The van der Waals surface area contributed by atoms with Crippen LogP contribution in [0.25, 0.3) is 66.1 Å². The zero-order valence-corrected chi connectivity index (χ0v) is 23.3. The first-order valence-electron chi connectivity index (χ1n) is 15.3.